The number of rotatable bonds is 4. The molecule has 0 spiro atoms. The fourth-order valence-electron chi connectivity index (χ4n) is 9.73. The molecule has 2 atom stereocenters. The van der Waals surface area contributed by atoms with Crippen LogP contribution in [0, 0.1) is 11.3 Å². The van der Waals surface area contributed by atoms with Crippen LogP contribution in [0.25, 0.3) is 60.1 Å². The van der Waals surface area contributed by atoms with Crippen LogP contribution >= 0.6 is 22.6 Å². The third kappa shape index (κ3) is 3.94. The summed E-state index contributed by atoms with van der Waals surface area (Å²) < 4.78 is -0.00359. The minimum atomic E-state index is -0.102. The van der Waals surface area contributed by atoms with E-state index in [1.54, 1.807) is 5.57 Å². The van der Waals surface area contributed by atoms with Gasteiger partial charge < -0.3 is 0 Å². The molecule has 48 heavy (non-hydrogen) atoms. The molecular weight excluding hydrogens is 691 g/mol. The molecule has 0 saturated heterocycles. The Kier molecular flexibility index (Phi) is 6.45. The predicted molar refractivity (Wildman–Crippen MR) is 216 cm³/mol. The first kappa shape index (κ1) is 30.1. The van der Waals surface area contributed by atoms with E-state index >= 15 is 0 Å². The number of fused-ring (bicyclic) bond motifs is 4. The van der Waals surface area contributed by atoms with Crippen LogP contribution in [0.15, 0.2) is 133 Å². The molecular formula is C47H41I. The normalized spacial score (nSPS) is 22.2. The maximum Gasteiger partial charge on any atom is 0.0723 e. The number of benzene rings is 6. The van der Waals surface area contributed by atoms with E-state index in [0.717, 1.165) is 6.42 Å². The van der Waals surface area contributed by atoms with E-state index < -0.39 is 0 Å². The lowest BCUT2D eigenvalue weighted by atomic mass is 9.71. The van der Waals surface area contributed by atoms with Gasteiger partial charge in [-0.3, -0.25) is 0 Å². The van der Waals surface area contributed by atoms with Gasteiger partial charge in [0.1, 0.15) is 0 Å². The molecule has 3 aliphatic rings. The summed E-state index contributed by atoms with van der Waals surface area (Å²) in [6.45, 7) is 14.2. The zero-order valence-corrected chi connectivity index (χ0v) is 30.9. The molecule has 0 bridgehead atoms. The highest BCUT2D eigenvalue weighted by molar-refractivity contribution is 14.1. The minimum Gasteiger partial charge on any atom is -0.0873 e. The Labute approximate surface area is 298 Å². The molecule has 0 aliphatic heterocycles. The second-order valence-corrected chi connectivity index (χ2v) is 17.1. The number of hydrogen-bond donors (Lipinski definition) is 0. The van der Waals surface area contributed by atoms with Gasteiger partial charge in [0.2, 0.25) is 0 Å². The summed E-state index contributed by atoms with van der Waals surface area (Å²) in [4.78, 5) is 0. The van der Waals surface area contributed by atoms with Gasteiger partial charge >= 0.3 is 0 Å². The smallest absolute Gasteiger partial charge is 0.0723 e. The molecule has 6 aromatic rings. The van der Waals surface area contributed by atoms with Crippen molar-refractivity contribution in [1.29, 1.82) is 0 Å². The summed E-state index contributed by atoms with van der Waals surface area (Å²) in [6.07, 6.45) is 13.1. The molecule has 0 nitrogen and oxygen atoms in total. The Hall–Kier alpha value is -3.95. The van der Waals surface area contributed by atoms with Crippen LogP contribution in [-0.4, -0.2) is 3.42 Å². The van der Waals surface area contributed by atoms with Gasteiger partial charge in [0, 0.05) is 11.3 Å². The van der Waals surface area contributed by atoms with Crippen molar-refractivity contribution in [2.75, 3.05) is 0 Å². The SMILES string of the molecule is C/C=C\C1=C(CC)C(C)(C)[C@@H]2C=C(c3ccc4c(c3)C(C)(C)c3cc(-c5ccc6ccc7cccc8ccc5c6c78)ccc3-4)C=CC12I. The van der Waals surface area contributed by atoms with Crippen molar-refractivity contribution in [3.05, 3.63) is 149 Å². The van der Waals surface area contributed by atoms with Crippen molar-refractivity contribution < 1.29 is 0 Å². The standard InChI is InChI=1S/C47H41I/c1-7-10-39-38(8-2)46(5,6)42-27-32(23-24-47(39,42)48)31-17-20-35-36-21-18-33(26-41(36)45(3,4)40(35)25-31)34-19-15-30-14-13-28-11-9-12-29-16-22-37(34)44(30)43(28)29/h7,9-27,42H,8H2,1-6H3/b10-7-/t42-,47?/m0/s1. The number of allylic oxidation sites excluding steroid dienone is 8. The van der Waals surface area contributed by atoms with Crippen molar-refractivity contribution in [3.63, 3.8) is 0 Å². The largest absolute Gasteiger partial charge is 0.0873 e. The molecule has 1 heteroatoms. The van der Waals surface area contributed by atoms with Crippen LogP contribution in [-0.2, 0) is 5.41 Å². The van der Waals surface area contributed by atoms with E-state index in [2.05, 4.69) is 186 Å². The average Bonchev–Trinajstić information content (AvgIpc) is 3.42. The minimum absolute atomic E-state index is 0.00359. The third-order valence-electron chi connectivity index (χ3n) is 12.1. The lowest BCUT2D eigenvalue weighted by molar-refractivity contribution is 0.331. The number of alkyl halides is 1. The van der Waals surface area contributed by atoms with Crippen LogP contribution in [0.4, 0.5) is 0 Å². The van der Waals surface area contributed by atoms with Gasteiger partial charge in [-0.05, 0) is 113 Å². The Morgan fingerprint density at radius 1 is 0.708 bits per heavy atom. The van der Waals surface area contributed by atoms with Crippen LogP contribution in [0.3, 0.4) is 0 Å². The Morgan fingerprint density at radius 3 is 2.00 bits per heavy atom. The number of hydrogen-bond acceptors (Lipinski definition) is 0. The van der Waals surface area contributed by atoms with E-state index in [9.17, 15) is 0 Å². The quantitative estimate of drug-likeness (QED) is 0.0962. The van der Waals surface area contributed by atoms with Crippen molar-refractivity contribution in [3.8, 4) is 22.3 Å². The zero-order valence-electron chi connectivity index (χ0n) is 28.7. The molecule has 0 heterocycles. The maximum atomic E-state index is 2.74. The second kappa shape index (κ2) is 10.3. The van der Waals surface area contributed by atoms with Gasteiger partial charge in [-0.15, -0.1) is 0 Å². The second-order valence-electron chi connectivity index (χ2n) is 15.3. The maximum absolute atomic E-state index is 2.74. The van der Waals surface area contributed by atoms with E-state index in [4.69, 9.17) is 0 Å². The number of halogens is 1. The van der Waals surface area contributed by atoms with Crippen molar-refractivity contribution in [2.45, 2.75) is 56.8 Å². The fourth-order valence-corrected chi connectivity index (χ4v) is 11.4. The van der Waals surface area contributed by atoms with E-state index in [1.165, 1.54) is 82.4 Å². The van der Waals surface area contributed by atoms with Gasteiger partial charge in [0.05, 0.1) is 3.42 Å². The van der Waals surface area contributed by atoms with Gasteiger partial charge in [0.15, 0.2) is 0 Å². The van der Waals surface area contributed by atoms with Crippen LogP contribution in [0.1, 0.15) is 64.7 Å². The summed E-state index contributed by atoms with van der Waals surface area (Å²) in [5.74, 6) is 0.415. The molecule has 0 saturated carbocycles. The summed E-state index contributed by atoms with van der Waals surface area (Å²) in [5, 5.41) is 8.03. The first-order chi connectivity index (χ1) is 23.1. The molecule has 9 rings (SSSR count). The zero-order chi connectivity index (χ0) is 33.2. The molecule has 3 aliphatic carbocycles. The van der Waals surface area contributed by atoms with Gasteiger partial charge in [-0.2, -0.15) is 0 Å². The average molecular weight is 733 g/mol. The topological polar surface area (TPSA) is 0 Å². The van der Waals surface area contributed by atoms with Gasteiger partial charge in [-0.1, -0.05) is 172 Å². The lowest BCUT2D eigenvalue weighted by Gasteiger charge is -2.38. The van der Waals surface area contributed by atoms with Crippen molar-refractivity contribution >= 4 is 60.5 Å². The molecule has 1 unspecified atom stereocenters. The Balaban J connectivity index is 1.12. The predicted octanol–water partition coefficient (Wildman–Crippen LogP) is 13.6. The summed E-state index contributed by atoms with van der Waals surface area (Å²) in [5.41, 5.74) is 14.0. The molecule has 236 valence electrons. The molecule has 0 fully saturated rings. The first-order valence-electron chi connectivity index (χ1n) is 17.5. The Morgan fingerprint density at radius 2 is 1.31 bits per heavy atom. The molecule has 0 radical (unpaired) electrons. The van der Waals surface area contributed by atoms with Gasteiger partial charge in [0.25, 0.3) is 0 Å². The fraction of sp³-hybridized carbons (Fsp3) is 0.234. The molecule has 0 aromatic heterocycles. The first-order valence-corrected chi connectivity index (χ1v) is 18.6. The highest BCUT2D eigenvalue weighted by Gasteiger charge is 2.53. The highest BCUT2D eigenvalue weighted by Crippen LogP contribution is 2.61. The lowest BCUT2D eigenvalue weighted by Crippen LogP contribution is -2.34. The molecule has 0 N–H and O–H groups in total. The van der Waals surface area contributed by atoms with Crippen LogP contribution < -0.4 is 0 Å². The Bertz CT molecular complexity index is 2440. The summed E-state index contributed by atoms with van der Waals surface area (Å²) in [7, 11) is 0. The third-order valence-corrected chi connectivity index (χ3v) is 13.7. The summed E-state index contributed by atoms with van der Waals surface area (Å²) in [6, 6.07) is 34.9. The van der Waals surface area contributed by atoms with E-state index in [1.807, 2.05) is 0 Å². The van der Waals surface area contributed by atoms with Crippen LogP contribution in [0.5, 0.6) is 0 Å². The monoisotopic (exact) mass is 732 g/mol. The van der Waals surface area contributed by atoms with Crippen LogP contribution in [0.2, 0.25) is 0 Å². The van der Waals surface area contributed by atoms with Crippen molar-refractivity contribution in [2.24, 2.45) is 11.3 Å². The van der Waals surface area contributed by atoms with E-state index in [-0.39, 0.29) is 14.3 Å². The van der Waals surface area contributed by atoms with Gasteiger partial charge in [-0.25, -0.2) is 0 Å². The van der Waals surface area contributed by atoms with Crippen molar-refractivity contribution in [1.82, 2.24) is 0 Å². The molecule has 6 aromatic carbocycles. The highest BCUT2D eigenvalue weighted by atomic mass is 127. The summed E-state index contributed by atoms with van der Waals surface area (Å²) >= 11 is 2.74. The van der Waals surface area contributed by atoms with E-state index in [0.29, 0.717) is 5.92 Å². The molecule has 0 amide bonds.